The van der Waals surface area contributed by atoms with E-state index in [9.17, 15) is 14.7 Å². The molecule has 1 saturated carbocycles. The molecular weight excluding hydrogens is 256 g/mol. The van der Waals surface area contributed by atoms with Crippen LogP contribution in [0.2, 0.25) is 0 Å². The highest BCUT2D eigenvalue weighted by atomic mass is 16.4. The number of carboxylic acid groups (broad SMARTS) is 1. The van der Waals surface area contributed by atoms with E-state index < -0.39 is 18.0 Å². The zero-order valence-corrected chi connectivity index (χ0v) is 11.3. The molecule has 1 aromatic carbocycles. The van der Waals surface area contributed by atoms with E-state index in [4.69, 9.17) is 0 Å². The summed E-state index contributed by atoms with van der Waals surface area (Å²) in [6.07, 6.45) is 4.70. The van der Waals surface area contributed by atoms with E-state index in [2.05, 4.69) is 10.6 Å². The van der Waals surface area contributed by atoms with Crippen molar-refractivity contribution in [2.24, 2.45) is 5.92 Å². The second-order valence-electron chi connectivity index (χ2n) is 5.17. The van der Waals surface area contributed by atoms with Crippen molar-refractivity contribution in [3.05, 3.63) is 35.9 Å². The number of hydrogen-bond donors (Lipinski definition) is 3. The number of hydrogen-bond acceptors (Lipinski definition) is 2. The van der Waals surface area contributed by atoms with Crippen molar-refractivity contribution >= 4 is 12.0 Å². The molecule has 0 radical (unpaired) electrons. The molecule has 3 N–H and O–H groups in total. The highest BCUT2D eigenvalue weighted by molar-refractivity contribution is 5.83. The normalized spacial score (nSPS) is 15.4. The van der Waals surface area contributed by atoms with E-state index in [0.717, 1.165) is 18.8 Å². The van der Waals surface area contributed by atoms with Crippen LogP contribution in [0.15, 0.2) is 30.3 Å². The second kappa shape index (κ2) is 6.93. The lowest BCUT2D eigenvalue weighted by molar-refractivity contribution is -0.139. The van der Waals surface area contributed by atoms with Crippen LogP contribution in [0.4, 0.5) is 4.79 Å². The topological polar surface area (TPSA) is 78.4 Å². The van der Waals surface area contributed by atoms with Crippen molar-refractivity contribution in [2.45, 2.75) is 31.7 Å². The third kappa shape index (κ3) is 4.57. The fourth-order valence-corrected chi connectivity index (χ4v) is 2.11. The van der Waals surface area contributed by atoms with E-state index >= 15 is 0 Å². The van der Waals surface area contributed by atoms with Gasteiger partial charge in [0.25, 0.3) is 0 Å². The molecule has 1 atom stereocenters. The number of rotatable bonds is 7. The Labute approximate surface area is 118 Å². The molecule has 0 saturated heterocycles. The molecule has 0 heterocycles. The quantitative estimate of drug-likeness (QED) is 0.669. The SMILES string of the molecule is O=C(NCCCC1CC1)N[C@@H](C(=O)O)c1ccccc1. The fourth-order valence-electron chi connectivity index (χ4n) is 2.11. The van der Waals surface area contributed by atoms with Gasteiger partial charge in [0.1, 0.15) is 0 Å². The van der Waals surface area contributed by atoms with Gasteiger partial charge in [-0.15, -0.1) is 0 Å². The van der Waals surface area contributed by atoms with Gasteiger partial charge in [0.15, 0.2) is 6.04 Å². The first kappa shape index (κ1) is 14.4. The Balaban J connectivity index is 1.78. The monoisotopic (exact) mass is 276 g/mol. The number of benzene rings is 1. The lowest BCUT2D eigenvalue weighted by Gasteiger charge is -2.15. The first-order valence-corrected chi connectivity index (χ1v) is 6.99. The molecule has 0 aromatic heterocycles. The summed E-state index contributed by atoms with van der Waals surface area (Å²) in [5.41, 5.74) is 0.563. The number of urea groups is 1. The van der Waals surface area contributed by atoms with Gasteiger partial charge < -0.3 is 15.7 Å². The second-order valence-corrected chi connectivity index (χ2v) is 5.17. The molecule has 108 valence electrons. The number of carbonyl (C=O) groups is 2. The smallest absolute Gasteiger partial charge is 0.330 e. The molecular formula is C15H20N2O3. The minimum atomic E-state index is -1.07. The van der Waals surface area contributed by atoms with Crippen LogP contribution < -0.4 is 10.6 Å². The molecule has 0 bridgehead atoms. The van der Waals surface area contributed by atoms with Crippen molar-refractivity contribution < 1.29 is 14.7 Å². The fraction of sp³-hybridized carbons (Fsp3) is 0.467. The van der Waals surface area contributed by atoms with Gasteiger partial charge >= 0.3 is 12.0 Å². The molecule has 0 aliphatic heterocycles. The number of aliphatic carboxylic acids is 1. The third-order valence-electron chi connectivity index (χ3n) is 3.43. The average Bonchev–Trinajstić information content (AvgIpc) is 3.26. The minimum Gasteiger partial charge on any atom is -0.479 e. The van der Waals surface area contributed by atoms with Crippen LogP contribution in [0, 0.1) is 5.92 Å². The van der Waals surface area contributed by atoms with E-state index in [1.54, 1.807) is 30.3 Å². The third-order valence-corrected chi connectivity index (χ3v) is 3.43. The lowest BCUT2D eigenvalue weighted by atomic mass is 10.1. The van der Waals surface area contributed by atoms with Gasteiger partial charge in [-0.2, -0.15) is 0 Å². The van der Waals surface area contributed by atoms with Crippen LogP contribution in [-0.4, -0.2) is 23.7 Å². The average molecular weight is 276 g/mol. The van der Waals surface area contributed by atoms with Crippen molar-refractivity contribution in [3.8, 4) is 0 Å². The molecule has 1 fully saturated rings. The highest BCUT2D eigenvalue weighted by Crippen LogP contribution is 2.33. The van der Waals surface area contributed by atoms with Gasteiger partial charge in [0, 0.05) is 6.54 Å². The Bertz CT molecular complexity index is 457. The Morgan fingerprint density at radius 3 is 2.55 bits per heavy atom. The standard InChI is InChI=1S/C15H20N2O3/c18-14(19)13(12-6-2-1-3-7-12)17-15(20)16-10-4-5-11-8-9-11/h1-3,6-7,11,13H,4-5,8-10H2,(H,18,19)(H2,16,17,20)/t13-/m1/s1. The largest absolute Gasteiger partial charge is 0.479 e. The van der Waals surface area contributed by atoms with Crippen LogP contribution in [0.5, 0.6) is 0 Å². The molecule has 0 unspecified atom stereocenters. The molecule has 0 spiro atoms. The summed E-state index contributed by atoms with van der Waals surface area (Å²) in [5, 5.41) is 14.4. The zero-order chi connectivity index (χ0) is 14.4. The molecule has 20 heavy (non-hydrogen) atoms. The van der Waals surface area contributed by atoms with Gasteiger partial charge in [0.05, 0.1) is 0 Å². The predicted molar refractivity (Wildman–Crippen MR) is 75.3 cm³/mol. The molecule has 5 nitrogen and oxygen atoms in total. The molecule has 1 aliphatic carbocycles. The van der Waals surface area contributed by atoms with Crippen LogP contribution in [0.1, 0.15) is 37.3 Å². The Morgan fingerprint density at radius 2 is 1.95 bits per heavy atom. The Hall–Kier alpha value is -2.04. The Kier molecular flexibility index (Phi) is 4.98. The van der Waals surface area contributed by atoms with Crippen molar-refractivity contribution in [3.63, 3.8) is 0 Å². The summed E-state index contributed by atoms with van der Waals surface area (Å²) in [5.74, 6) is -0.222. The van der Waals surface area contributed by atoms with Gasteiger partial charge in [0.2, 0.25) is 0 Å². The summed E-state index contributed by atoms with van der Waals surface area (Å²) in [6.45, 7) is 0.587. The zero-order valence-electron chi connectivity index (χ0n) is 11.3. The molecule has 2 rings (SSSR count). The van der Waals surface area contributed by atoms with Gasteiger partial charge in [-0.25, -0.2) is 9.59 Å². The maximum Gasteiger partial charge on any atom is 0.330 e. The first-order valence-electron chi connectivity index (χ1n) is 6.99. The lowest BCUT2D eigenvalue weighted by Crippen LogP contribution is -2.41. The van der Waals surface area contributed by atoms with Gasteiger partial charge in [-0.1, -0.05) is 43.2 Å². The minimum absolute atomic E-state index is 0.433. The number of nitrogens with one attached hydrogen (secondary N) is 2. The summed E-state index contributed by atoms with van der Waals surface area (Å²) in [4.78, 5) is 22.9. The number of amides is 2. The number of carbonyl (C=O) groups excluding carboxylic acids is 1. The molecule has 2 amide bonds. The summed E-state index contributed by atoms with van der Waals surface area (Å²) in [7, 11) is 0. The maximum absolute atomic E-state index is 11.7. The van der Waals surface area contributed by atoms with Crippen LogP contribution in [0.3, 0.4) is 0 Å². The van der Waals surface area contributed by atoms with Crippen LogP contribution >= 0.6 is 0 Å². The van der Waals surface area contributed by atoms with Crippen molar-refractivity contribution in [1.29, 1.82) is 0 Å². The molecule has 5 heteroatoms. The van der Waals surface area contributed by atoms with Crippen molar-refractivity contribution in [2.75, 3.05) is 6.54 Å². The summed E-state index contributed by atoms with van der Waals surface area (Å²) < 4.78 is 0. The highest BCUT2D eigenvalue weighted by Gasteiger charge is 2.22. The first-order chi connectivity index (χ1) is 9.66. The van der Waals surface area contributed by atoms with E-state index in [1.807, 2.05) is 0 Å². The van der Waals surface area contributed by atoms with Gasteiger partial charge in [-0.05, 0) is 24.3 Å². The van der Waals surface area contributed by atoms with E-state index in [1.165, 1.54) is 12.8 Å². The maximum atomic E-state index is 11.7. The van der Waals surface area contributed by atoms with E-state index in [0.29, 0.717) is 12.1 Å². The van der Waals surface area contributed by atoms with E-state index in [-0.39, 0.29) is 0 Å². The van der Waals surface area contributed by atoms with Crippen LogP contribution in [-0.2, 0) is 4.79 Å². The number of carboxylic acids is 1. The summed E-state index contributed by atoms with van der Waals surface area (Å²) in [6, 6.07) is 7.23. The summed E-state index contributed by atoms with van der Waals surface area (Å²) >= 11 is 0. The van der Waals surface area contributed by atoms with Crippen LogP contribution in [0.25, 0.3) is 0 Å². The predicted octanol–water partition coefficient (Wildman–Crippen LogP) is 2.30. The molecule has 1 aliphatic rings. The van der Waals surface area contributed by atoms with Gasteiger partial charge in [-0.3, -0.25) is 0 Å². The molecule has 1 aromatic rings. The Morgan fingerprint density at radius 1 is 1.25 bits per heavy atom. The van der Waals surface area contributed by atoms with Crippen molar-refractivity contribution in [1.82, 2.24) is 10.6 Å².